The molecule has 0 aliphatic carbocycles. The number of rotatable bonds is 10. The number of nitrogens with two attached hydrogens (primary N) is 2. The van der Waals surface area contributed by atoms with Crippen LogP contribution < -0.4 is 22.1 Å². The molecule has 10 nitrogen and oxygen atoms in total. The predicted molar refractivity (Wildman–Crippen MR) is 89.3 cm³/mol. The van der Waals surface area contributed by atoms with Gasteiger partial charge in [0.2, 0.25) is 17.7 Å². The van der Waals surface area contributed by atoms with Crippen molar-refractivity contribution in [2.45, 2.75) is 44.2 Å². The third kappa shape index (κ3) is 6.67. The van der Waals surface area contributed by atoms with Crippen LogP contribution in [0.4, 0.5) is 0 Å². The van der Waals surface area contributed by atoms with Crippen LogP contribution in [0.15, 0.2) is 0 Å². The maximum absolute atomic E-state index is 12.7. The van der Waals surface area contributed by atoms with Crippen LogP contribution in [-0.2, 0) is 19.2 Å². The molecule has 1 aliphatic heterocycles. The van der Waals surface area contributed by atoms with Gasteiger partial charge in [-0.15, -0.1) is 0 Å². The molecule has 1 rings (SSSR count). The molecule has 1 fully saturated rings. The van der Waals surface area contributed by atoms with Crippen LogP contribution in [0.5, 0.6) is 0 Å². The average Bonchev–Trinajstić information content (AvgIpc) is 3.08. The van der Waals surface area contributed by atoms with E-state index in [0.717, 1.165) is 0 Å². The highest BCUT2D eigenvalue weighted by atomic mass is 16.4. The van der Waals surface area contributed by atoms with Crippen LogP contribution in [0.2, 0.25) is 0 Å². The fraction of sp³-hybridized carbons (Fsp3) is 0.733. The highest BCUT2D eigenvalue weighted by Crippen LogP contribution is 2.19. The van der Waals surface area contributed by atoms with E-state index >= 15 is 0 Å². The van der Waals surface area contributed by atoms with E-state index < -0.39 is 35.8 Å². The molecule has 25 heavy (non-hydrogen) atoms. The molecule has 1 heterocycles. The molecule has 142 valence electrons. The lowest BCUT2D eigenvalue weighted by molar-refractivity contribution is -0.149. The largest absolute Gasteiger partial charge is 0.480 e. The fourth-order valence-corrected chi connectivity index (χ4v) is 2.73. The van der Waals surface area contributed by atoms with Crippen molar-refractivity contribution in [3.8, 4) is 0 Å². The van der Waals surface area contributed by atoms with E-state index in [1.54, 1.807) is 0 Å². The molecule has 2 unspecified atom stereocenters. The summed E-state index contributed by atoms with van der Waals surface area (Å²) in [5.41, 5.74) is 10.6. The van der Waals surface area contributed by atoms with E-state index in [4.69, 9.17) is 11.5 Å². The van der Waals surface area contributed by atoms with Gasteiger partial charge < -0.3 is 32.1 Å². The minimum Gasteiger partial charge on any atom is -0.480 e. The standard InChI is InChI=1S/C15H27N5O5/c16-6-2-1-4-10(19-13(22)9-18-12(21)8-17)14(23)20-7-3-5-11(20)15(24)25/h10-11H,1-9,16-17H2,(H,18,21)(H,19,22)(H,24,25). The maximum atomic E-state index is 12.7. The van der Waals surface area contributed by atoms with Gasteiger partial charge >= 0.3 is 5.97 Å². The molecule has 10 heteroatoms. The SMILES string of the molecule is NCCCCC(NC(=O)CNC(=O)CN)C(=O)N1CCCC1C(=O)O. The summed E-state index contributed by atoms with van der Waals surface area (Å²) in [4.78, 5) is 48.3. The lowest BCUT2D eigenvalue weighted by Crippen LogP contribution is -2.53. The number of amides is 3. The summed E-state index contributed by atoms with van der Waals surface area (Å²) >= 11 is 0. The van der Waals surface area contributed by atoms with E-state index in [0.29, 0.717) is 45.2 Å². The molecule has 3 amide bonds. The summed E-state index contributed by atoms with van der Waals surface area (Å²) in [5.74, 6) is -2.47. The second-order valence-electron chi connectivity index (χ2n) is 5.91. The predicted octanol–water partition coefficient (Wildman–Crippen LogP) is -2.25. The van der Waals surface area contributed by atoms with E-state index in [1.165, 1.54) is 4.90 Å². The minimum atomic E-state index is -1.05. The quantitative estimate of drug-likeness (QED) is 0.275. The normalized spacial score (nSPS) is 17.8. The Morgan fingerprint density at radius 3 is 2.48 bits per heavy atom. The van der Waals surface area contributed by atoms with Gasteiger partial charge in [-0.3, -0.25) is 14.4 Å². The van der Waals surface area contributed by atoms with E-state index in [1.807, 2.05) is 0 Å². The lowest BCUT2D eigenvalue weighted by Gasteiger charge is -2.27. The van der Waals surface area contributed by atoms with Crippen molar-refractivity contribution >= 4 is 23.7 Å². The molecule has 0 radical (unpaired) electrons. The van der Waals surface area contributed by atoms with Crippen molar-refractivity contribution in [1.82, 2.24) is 15.5 Å². The Hall–Kier alpha value is -2.20. The van der Waals surface area contributed by atoms with Crippen LogP contribution in [0.25, 0.3) is 0 Å². The van der Waals surface area contributed by atoms with Gasteiger partial charge in [0.1, 0.15) is 12.1 Å². The minimum absolute atomic E-state index is 0.236. The Balaban J connectivity index is 2.70. The zero-order valence-electron chi connectivity index (χ0n) is 14.2. The molecular weight excluding hydrogens is 330 g/mol. The van der Waals surface area contributed by atoms with E-state index in [2.05, 4.69) is 10.6 Å². The van der Waals surface area contributed by atoms with Gasteiger partial charge in [0, 0.05) is 6.54 Å². The Morgan fingerprint density at radius 1 is 1.16 bits per heavy atom. The topological polar surface area (TPSA) is 168 Å². The summed E-state index contributed by atoms with van der Waals surface area (Å²) in [6, 6.07) is -1.70. The van der Waals surface area contributed by atoms with Crippen molar-refractivity contribution in [2.75, 3.05) is 26.2 Å². The van der Waals surface area contributed by atoms with Crippen molar-refractivity contribution in [3.05, 3.63) is 0 Å². The number of carboxylic acid groups (broad SMARTS) is 1. The molecule has 0 aromatic rings. The summed E-state index contributed by atoms with van der Waals surface area (Å²) < 4.78 is 0. The number of carboxylic acids is 1. The van der Waals surface area contributed by atoms with Gasteiger partial charge in [0.25, 0.3) is 0 Å². The molecule has 0 saturated carbocycles. The molecule has 0 aromatic heterocycles. The van der Waals surface area contributed by atoms with Gasteiger partial charge in [0.15, 0.2) is 0 Å². The number of carbonyl (C=O) groups is 4. The molecule has 0 aromatic carbocycles. The number of nitrogens with one attached hydrogen (secondary N) is 2. The number of aliphatic carboxylic acids is 1. The molecule has 1 saturated heterocycles. The first-order valence-corrected chi connectivity index (χ1v) is 8.40. The van der Waals surface area contributed by atoms with Gasteiger partial charge in [-0.1, -0.05) is 0 Å². The molecular formula is C15H27N5O5. The first kappa shape index (κ1) is 20.8. The fourth-order valence-electron chi connectivity index (χ4n) is 2.73. The van der Waals surface area contributed by atoms with Crippen molar-refractivity contribution in [2.24, 2.45) is 11.5 Å². The van der Waals surface area contributed by atoms with Crippen LogP contribution >= 0.6 is 0 Å². The van der Waals surface area contributed by atoms with Gasteiger partial charge in [-0.25, -0.2) is 4.79 Å². The Kier molecular flexibility index (Phi) is 8.86. The molecule has 2 atom stereocenters. The summed E-state index contributed by atoms with van der Waals surface area (Å²) in [7, 11) is 0. The Bertz CT molecular complexity index is 499. The number of carbonyl (C=O) groups excluding carboxylic acids is 3. The highest BCUT2D eigenvalue weighted by molar-refractivity contribution is 5.92. The second kappa shape index (κ2) is 10.6. The van der Waals surface area contributed by atoms with Gasteiger partial charge in [0.05, 0.1) is 13.1 Å². The first-order chi connectivity index (χ1) is 11.9. The number of nitrogens with zero attached hydrogens (tertiary/aromatic N) is 1. The van der Waals surface area contributed by atoms with Gasteiger partial charge in [-0.2, -0.15) is 0 Å². The zero-order valence-corrected chi connectivity index (χ0v) is 14.2. The number of hydrogen-bond acceptors (Lipinski definition) is 6. The van der Waals surface area contributed by atoms with Crippen molar-refractivity contribution in [3.63, 3.8) is 0 Å². The summed E-state index contributed by atoms with van der Waals surface area (Å²) in [6.45, 7) is 0.283. The van der Waals surface area contributed by atoms with E-state index in [9.17, 15) is 24.3 Å². The smallest absolute Gasteiger partial charge is 0.326 e. The van der Waals surface area contributed by atoms with Crippen molar-refractivity contribution < 1.29 is 24.3 Å². The van der Waals surface area contributed by atoms with Crippen molar-refractivity contribution in [1.29, 1.82) is 0 Å². The zero-order chi connectivity index (χ0) is 18.8. The number of unbranched alkanes of at least 4 members (excludes halogenated alkanes) is 1. The van der Waals surface area contributed by atoms with E-state index in [-0.39, 0.29) is 13.1 Å². The Morgan fingerprint density at radius 2 is 1.88 bits per heavy atom. The number of hydrogen-bond donors (Lipinski definition) is 5. The third-order valence-electron chi connectivity index (χ3n) is 4.03. The summed E-state index contributed by atoms with van der Waals surface area (Å²) in [5, 5.41) is 14.1. The van der Waals surface area contributed by atoms with Crippen LogP contribution in [-0.4, -0.2) is 72.0 Å². The monoisotopic (exact) mass is 357 g/mol. The van der Waals surface area contributed by atoms with Crippen LogP contribution in [0.3, 0.4) is 0 Å². The van der Waals surface area contributed by atoms with Crippen LogP contribution in [0.1, 0.15) is 32.1 Å². The molecule has 0 bridgehead atoms. The second-order valence-corrected chi connectivity index (χ2v) is 5.91. The Labute approximate surface area is 146 Å². The molecule has 7 N–H and O–H groups in total. The third-order valence-corrected chi connectivity index (χ3v) is 4.03. The van der Waals surface area contributed by atoms with Crippen LogP contribution in [0, 0.1) is 0 Å². The number of likely N-dealkylation sites (tertiary alicyclic amines) is 1. The highest BCUT2D eigenvalue weighted by Gasteiger charge is 2.37. The first-order valence-electron chi connectivity index (χ1n) is 8.40. The maximum Gasteiger partial charge on any atom is 0.326 e. The van der Waals surface area contributed by atoms with Gasteiger partial charge in [-0.05, 0) is 38.6 Å². The molecule has 1 aliphatic rings. The average molecular weight is 357 g/mol. The summed E-state index contributed by atoms with van der Waals surface area (Å²) in [6.07, 6.45) is 2.67. The molecule has 0 spiro atoms. The lowest BCUT2D eigenvalue weighted by atomic mass is 10.1.